The molecule has 0 rings (SSSR count). The number of rotatable bonds is 0. The van der Waals surface area contributed by atoms with Crippen LogP contribution in [-0.4, -0.2) is 0 Å². The fraction of sp³-hybridized carbons (Fsp3) is 0.500. The summed E-state index contributed by atoms with van der Waals surface area (Å²) in [5.41, 5.74) is 0. The van der Waals surface area contributed by atoms with Crippen LogP contribution < -0.4 is 0 Å². The third-order valence-electron chi connectivity index (χ3n) is 0. The first-order valence-electron chi connectivity index (χ1n) is 1.41. The van der Waals surface area contributed by atoms with Crippen LogP contribution in [0.4, 0.5) is 0 Å². The van der Waals surface area contributed by atoms with Crippen LogP contribution in [0.15, 0.2) is 0 Å². The molecule has 0 aliphatic carbocycles. The molecule has 36 valence electrons. The van der Waals surface area contributed by atoms with Gasteiger partial charge in [0.25, 0.3) is 0 Å². The molecular weight excluding hydrogens is 154 g/mol. The smallest absolute Gasteiger partial charge is 0.346 e. The third kappa shape index (κ3) is 75.3. The Bertz CT molecular complexity index is 3.61. The van der Waals surface area contributed by atoms with E-state index in [-0.39, 0.29) is 20.4 Å². The van der Waals surface area contributed by atoms with Gasteiger partial charge in [-0.2, -0.15) is 13.8 Å². The molecule has 0 aromatic heterocycles. The van der Waals surface area contributed by atoms with Crippen molar-refractivity contribution in [3.63, 3.8) is 0 Å². The summed E-state index contributed by atoms with van der Waals surface area (Å²) in [5, 5.41) is 0. The van der Waals surface area contributed by atoms with Gasteiger partial charge in [0.05, 0.1) is 0 Å². The van der Waals surface area contributed by atoms with Gasteiger partial charge in [0.2, 0.25) is 0 Å². The summed E-state index contributed by atoms with van der Waals surface area (Å²) in [6, 6.07) is 0. The van der Waals surface area contributed by atoms with Gasteiger partial charge in [-0.25, -0.2) is 0 Å². The first kappa shape index (κ1) is 17.4. The van der Waals surface area contributed by atoms with Crippen molar-refractivity contribution in [2.24, 2.45) is 0 Å². The van der Waals surface area contributed by atoms with Crippen LogP contribution in [0.25, 0.3) is 0 Å². The number of hydrogen-bond donors (Lipinski definition) is 0. The molecular formula is C4H10Pd. The first-order valence-corrected chi connectivity index (χ1v) is 1.41. The van der Waals surface area contributed by atoms with Crippen molar-refractivity contribution >= 4 is 0 Å². The summed E-state index contributed by atoms with van der Waals surface area (Å²) >= 11 is 0. The molecule has 0 bridgehead atoms. The van der Waals surface area contributed by atoms with Crippen LogP contribution in [0.1, 0.15) is 13.8 Å². The predicted octanol–water partition coefficient (Wildman–Crippen LogP) is 1.68. The zero-order valence-corrected chi connectivity index (χ0v) is 5.29. The Morgan fingerprint density at radius 1 is 0.800 bits per heavy atom. The zero-order valence-electron chi connectivity index (χ0n) is 3.73. The van der Waals surface area contributed by atoms with Crippen molar-refractivity contribution in [2.75, 3.05) is 0 Å². The minimum absolute atomic E-state index is 0. The second-order valence-corrected chi connectivity index (χ2v) is 0. The zero-order chi connectivity index (χ0) is 4.00. The first-order chi connectivity index (χ1) is 2.00. The van der Waals surface area contributed by atoms with Gasteiger partial charge < -0.3 is 13.8 Å². The average molecular weight is 165 g/mol. The van der Waals surface area contributed by atoms with Crippen molar-refractivity contribution in [1.29, 1.82) is 0 Å². The van der Waals surface area contributed by atoms with E-state index in [9.17, 15) is 0 Å². The quantitative estimate of drug-likeness (QED) is 0.378. The van der Waals surface area contributed by atoms with Gasteiger partial charge in [0.15, 0.2) is 0 Å². The maximum atomic E-state index is 3.25. The van der Waals surface area contributed by atoms with E-state index in [4.69, 9.17) is 0 Å². The average Bonchev–Trinajstić information content (AvgIpc) is 1.50. The molecule has 0 radical (unpaired) electrons. The molecule has 0 spiro atoms. The van der Waals surface area contributed by atoms with Gasteiger partial charge in [-0.3, -0.25) is 0 Å². The molecule has 0 aromatic rings. The topological polar surface area (TPSA) is 0 Å². The van der Waals surface area contributed by atoms with Crippen LogP contribution in [0.3, 0.4) is 0 Å². The van der Waals surface area contributed by atoms with Crippen molar-refractivity contribution < 1.29 is 20.4 Å². The molecule has 0 nitrogen and oxygen atoms in total. The van der Waals surface area contributed by atoms with Crippen molar-refractivity contribution in [1.82, 2.24) is 0 Å². The van der Waals surface area contributed by atoms with Crippen molar-refractivity contribution in [3.05, 3.63) is 13.8 Å². The van der Waals surface area contributed by atoms with Crippen LogP contribution in [0.5, 0.6) is 0 Å². The minimum atomic E-state index is 0. The second kappa shape index (κ2) is 143. The molecule has 1 heteroatoms. The summed E-state index contributed by atoms with van der Waals surface area (Å²) in [5.74, 6) is 0. The van der Waals surface area contributed by atoms with Gasteiger partial charge in [-0.1, -0.05) is 0 Å². The van der Waals surface area contributed by atoms with Crippen LogP contribution in [-0.2, 0) is 20.4 Å². The second-order valence-electron chi connectivity index (χ2n) is 0. The van der Waals surface area contributed by atoms with Gasteiger partial charge >= 0.3 is 20.4 Å². The molecule has 0 saturated carbocycles. The molecule has 0 heterocycles. The minimum Gasteiger partial charge on any atom is -0.346 e. The monoisotopic (exact) mass is 164 g/mol. The largest absolute Gasteiger partial charge is 2.00 e. The predicted molar refractivity (Wildman–Crippen MR) is 22.1 cm³/mol. The Hall–Kier alpha value is 0.662. The van der Waals surface area contributed by atoms with Crippen molar-refractivity contribution in [2.45, 2.75) is 13.8 Å². The number of hydrogen-bond acceptors (Lipinski definition) is 0. The fourth-order valence-corrected chi connectivity index (χ4v) is 0. The Balaban J connectivity index is -0.0000000133. The summed E-state index contributed by atoms with van der Waals surface area (Å²) < 4.78 is 0. The van der Waals surface area contributed by atoms with E-state index in [2.05, 4.69) is 13.8 Å². The van der Waals surface area contributed by atoms with Gasteiger partial charge in [0.1, 0.15) is 0 Å². The maximum Gasteiger partial charge on any atom is 2.00 e. The van der Waals surface area contributed by atoms with E-state index in [0.29, 0.717) is 0 Å². The molecule has 5 heavy (non-hydrogen) atoms. The maximum absolute atomic E-state index is 3.25. The molecule has 0 N–H and O–H groups in total. The Kier molecular flexibility index (Phi) is 495. The molecule has 0 fully saturated rings. The molecule has 0 aliphatic rings. The van der Waals surface area contributed by atoms with E-state index < -0.39 is 0 Å². The summed E-state index contributed by atoms with van der Waals surface area (Å²) in [4.78, 5) is 0. The van der Waals surface area contributed by atoms with E-state index in [0.717, 1.165) is 0 Å². The standard InChI is InChI=1S/2C2H5.Pd/c2*1-2;/h2*1H2,2H3;/q2*-1;+2. The molecule has 0 amide bonds. The summed E-state index contributed by atoms with van der Waals surface area (Å²) in [7, 11) is 0. The van der Waals surface area contributed by atoms with E-state index in [1.54, 1.807) is 13.8 Å². The Morgan fingerprint density at radius 2 is 0.800 bits per heavy atom. The van der Waals surface area contributed by atoms with Gasteiger partial charge in [0, 0.05) is 0 Å². The molecule has 0 unspecified atom stereocenters. The van der Waals surface area contributed by atoms with Gasteiger partial charge in [-0.15, -0.1) is 0 Å². The van der Waals surface area contributed by atoms with Crippen LogP contribution >= 0.6 is 0 Å². The van der Waals surface area contributed by atoms with Crippen LogP contribution in [0, 0.1) is 13.8 Å². The van der Waals surface area contributed by atoms with Crippen molar-refractivity contribution in [3.8, 4) is 0 Å². The van der Waals surface area contributed by atoms with E-state index in [1.165, 1.54) is 0 Å². The SMILES string of the molecule is [CH2-]C.[CH2-]C.[Pd+2]. The fourth-order valence-electron chi connectivity index (χ4n) is 0. The molecule has 0 saturated heterocycles. The molecule has 0 aliphatic heterocycles. The Labute approximate surface area is 48.6 Å². The molecule has 0 atom stereocenters. The van der Waals surface area contributed by atoms with Crippen LogP contribution in [0.2, 0.25) is 0 Å². The Morgan fingerprint density at radius 3 is 0.800 bits per heavy atom. The van der Waals surface area contributed by atoms with E-state index in [1.807, 2.05) is 0 Å². The van der Waals surface area contributed by atoms with Gasteiger partial charge in [-0.05, 0) is 0 Å². The molecule has 0 aromatic carbocycles. The summed E-state index contributed by atoms with van der Waals surface area (Å²) in [6.45, 7) is 10.0. The third-order valence-corrected chi connectivity index (χ3v) is 0. The van der Waals surface area contributed by atoms with E-state index >= 15 is 0 Å². The normalized spacial score (nSPS) is 2.40. The summed E-state index contributed by atoms with van der Waals surface area (Å²) in [6.07, 6.45) is 0.